The summed E-state index contributed by atoms with van der Waals surface area (Å²) in [5.74, 6) is 0.574. The zero-order valence-corrected chi connectivity index (χ0v) is 20.5. The molecule has 0 saturated carbocycles. The molecule has 3 aromatic rings. The van der Waals surface area contributed by atoms with Crippen LogP contribution in [0.25, 0.3) is 6.08 Å². The van der Waals surface area contributed by atoms with Crippen molar-refractivity contribution < 1.29 is 19.0 Å². The molecule has 1 aliphatic rings. The van der Waals surface area contributed by atoms with Crippen molar-refractivity contribution in [2.24, 2.45) is 4.99 Å². The Morgan fingerprint density at radius 2 is 1.85 bits per heavy atom. The molecule has 1 aromatic heterocycles. The predicted molar refractivity (Wildman–Crippen MR) is 131 cm³/mol. The molecular formula is C26H26N2O5S. The number of carbonyl (C=O) groups excluding carboxylic acids is 1. The quantitative estimate of drug-likeness (QED) is 0.509. The fourth-order valence-electron chi connectivity index (χ4n) is 3.91. The average Bonchev–Trinajstić information content (AvgIpc) is 3.12. The molecule has 4 rings (SSSR count). The number of methoxy groups -OCH3 is 2. The van der Waals surface area contributed by atoms with Crippen LogP contribution in [0.3, 0.4) is 0 Å². The highest BCUT2D eigenvalue weighted by atomic mass is 32.1. The Hall–Kier alpha value is -3.65. The summed E-state index contributed by atoms with van der Waals surface area (Å²) in [6, 6.07) is 14.1. The fraction of sp³-hybridized carbons (Fsp3) is 0.269. The molecule has 1 unspecified atom stereocenters. The number of rotatable bonds is 6. The van der Waals surface area contributed by atoms with Crippen LogP contribution in [-0.4, -0.2) is 30.9 Å². The van der Waals surface area contributed by atoms with Crippen LogP contribution in [-0.2, 0) is 9.53 Å². The Kier molecular flexibility index (Phi) is 6.70. The SMILES string of the molecule is COc1ccc(OC)c(C2C(C(=O)OC(C)C)=C(C)N=c3s/c(=C/c4ccccc4)c(=O)n32)c1. The van der Waals surface area contributed by atoms with Gasteiger partial charge in [-0.1, -0.05) is 41.7 Å². The summed E-state index contributed by atoms with van der Waals surface area (Å²) in [5, 5.41) is 0. The van der Waals surface area contributed by atoms with E-state index < -0.39 is 12.0 Å². The van der Waals surface area contributed by atoms with E-state index in [1.165, 1.54) is 11.3 Å². The zero-order chi connectivity index (χ0) is 24.4. The third-order valence-corrected chi connectivity index (χ3v) is 6.40. The van der Waals surface area contributed by atoms with Crippen molar-refractivity contribution in [1.82, 2.24) is 4.57 Å². The average molecular weight is 479 g/mol. The smallest absolute Gasteiger partial charge is 0.338 e. The Bertz CT molecular complexity index is 1430. The van der Waals surface area contributed by atoms with Gasteiger partial charge in [0.05, 0.1) is 36.1 Å². The summed E-state index contributed by atoms with van der Waals surface area (Å²) >= 11 is 1.28. The first-order valence-electron chi connectivity index (χ1n) is 10.8. The van der Waals surface area contributed by atoms with E-state index in [2.05, 4.69) is 4.99 Å². The highest BCUT2D eigenvalue weighted by molar-refractivity contribution is 7.07. The van der Waals surface area contributed by atoms with E-state index in [0.717, 1.165) is 5.56 Å². The molecule has 0 aliphatic carbocycles. The first kappa shape index (κ1) is 23.5. The van der Waals surface area contributed by atoms with E-state index in [1.807, 2.05) is 36.4 Å². The highest BCUT2D eigenvalue weighted by Gasteiger charge is 2.35. The number of esters is 1. The van der Waals surface area contributed by atoms with Crippen LogP contribution in [0.5, 0.6) is 11.5 Å². The van der Waals surface area contributed by atoms with Crippen molar-refractivity contribution in [2.45, 2.75) is 32.9 Å². The Morgan fingerprint density at radius 3 is 2.50 bits per heavy atom. The molecule has 1 aliphatic heterocycles. The van der Waals surface area contributed by atoms with Crippen LogP contribution in [0.2, 0.25) is 0 Å². The Balaban J connectivity index is 2.02. The summed E-state index contributed by atoms with van der Waals surface area (Å²) in [5.41, 5.74) is 2.05. The number of fused-ring (bicyclic) bond motifs is 1. The number of hydrogen-bond donors (Lipinski definition) is 0. The van der Waals surface area contributed by atoms with Crippen molar-refractivity contribution in [1.29, 1.82) is 0 Å². The standard InChI is InChI=1S/C26H26N2O5S/c1-15(2)33-25(30)22-16(3)27-26-28(23(22)19-14-18(31-4)11-12-20(19)32-5)24(29)21(34-26)13-17-9-7-6-8-10-17/h6-15,23H,1-5H3/b21-13+. The van der Waals surface area contributed by atoms with Gasteiger partial charge in [0, 0.05) is 5.56 Å². The van der Waals surface area contributed by atoms with Gasteiger partial charge in [0.2, 0.25) is 0 Å². The van der Waals surface area contributed by atoms with E-state index in [9.17, 15) is 9.59 Å². The lowest BCUT2D eigenvalue weighted by Gasteiger charge is -2.26. The summed E-state index contributed by atoms with van der Waals surface area (Å²) < 4.78 is 18.7. The largest absolute Gasteiger partial charge is 0.497 e. The number of nitrogens with zero attached hydrogens (tertiary/aromatic N) is 2. The molecule has 0 saturated heterocycles. The fourth-order valence-corrected chi connectivity index (χ4v) is 4.95. The van der Waals surface area contributed by atoms with Gasteiger partial charge in [-0.2, -0.15) is 0 Å². The van der Waals surface area contributed by atoms with Gasteiger partial charge in [0.25, 0.3) is 5.56 Å². The first-order valence-corrected chi connectivity index (χ1v) is 11.7. The van der Waals surface area contributed by atoms with Crippen molar-refractivity contribution in [3.63, 3.8) is 0 Å². The lowest BCUT2D eigenvalue weighted by atomic mass is 9.94. The molecule has 34 heavy (non-hydrogen) atoms. The van der Waals surface area contributed by atoms with Crippen molar-refractivity contribution >= 4 is 23.4 Å². The summed E-state index contributed by atoms with van der Waals surface area (Å²) in [4.78, 5) is 32.1. The minimum Gasteiger partial charge on any atom is -0.497 e. The maximum atomic E-state index is 13.7. The number of thiazole rings is 1. The first-order chi connectivity index (χ1) is 16.3. The molecule has 8 heteroatoms. The van der Waals surface area contributed by atoms with Gasteiger partial charge in [-0.05, 0) is 50.6 Å². The van der Waals surface area contributed by atoms with Crippen LogP contribution in [0.1, 0.15) is 37.9 Å². The van der Waals surface area contributed by atoms with E-state index in [1.54, 1.807) is 57.8 Å². The molecule has 7 nitrogen and oxygen atoms in total. The lowest BCUT2D eigenvalue weighted by molar-refractivity contribution is -0.143. The van der Waals surface area contributed by atoms with E-state index >= 15 is 0 Å². The summed E-state index contributed by atoms with van der Waals surface area (Å²) in [6.45, 7) is 5.32. The van der Waals surface area contributed by atoms with Crippen LogP contribution in [0, 0.1) is 0 Å². The molecule has 0 amide bonds. The van der Waals surface area contributed by atoms with Crippen molar-refractivity contribution in [3.8, 4) is 11.5 Å². The minimum atomic E-state index is -0.787. The topological polar surface area (TPSA) is 79.1 Å². The van der Waals surface area contributed by atoms with Crippen molar-refractivity contribution in [3.05, 3.63) is 90.6 Å². The molecule has 0 bridgehead atoms. The van der Waals surface area contributed by atoms with Crippen LogP contribution in [0.4, 0.5) is 0 Å². The number of allylic oxidation sites excluding steroid dienone is 1. The summed E-state index contributed by atoms with van der Waals surface area (Å²) in [6.07, 6.45) is 1.50. The Morgan fingerprint density at radius 1 is 1.12 bits per heavy atom. The third kappa shape index (κ3) is 4.41. The van der Waals surface area contributed by atoms with Gasteiger partial charge in [-0.25, -0.2) is 9.79 Å². The number of hydrogen-bond acceptors (Lipinski definition) is 7. The monoisotopic (exact) mass is 478 g/mol. The second-order valence-electron chi connectivity index (χ2n) is 8.05. The number of carbonyl (C=O) groups is 1. The number of aromatic nitrogens is 1. The van der Waals surface area contributed by atoms with Crippen LogP contribution in [0.15, 0.2) is 69.6 Å². The minimum absolute atomic E-state index is 0.246. The van der Waals surface area contributed by atoms with Gasteiger partial charge in [0.1, 0.15) is 17.5 Å². The number of ether oxygens (including phenoxy) is 3. The maximum absolute atomic E-state index is 13.7. The van der Waals surface area contributed by atoms with E-state index in [-0.39, 0.29) is 11.7 Å². The second kappa shape index (κ2) is 9.69. The molecule has 176 valence electrons. The maximum Gasteiger partial charge on any atom is 0.338 e. The highest BCUT2D eigenvalue weighted by Crippen LogP contribution is 2.37. The van der Waals surface area contributed by atoms with Gasteiger partial charge in [-0.3, -0.25) is 9.36 Å². The molecular weight excluding hydrogens is 452 g/mol. The molecule has 0 fully saturated rings. The lowest BCUT2D eigenvalue weighted by Crippen LogP contribution is -2.40. The molecule has 0 N–H and O–H groups in total. The van der Waals surface area contributed by atoms with Gasteiger partial charge in [-0.15, -0.1) is 0 Å². The van der Waals surface area contributed by atoms with E-state index in [0.29, 0.717) is 37.7 Å². The van der Waals surface area contributed by atoms with E-state index in [4.69, 9.17) is 14.2 Å². The normalized spacial score (nSPS) is 15.7. The second-order valence-corrected chi connectivity index (χ2v) is 9.06. The molecule has 2 heterocycles. The van der Waals surface area contributed by atoms with Gasteiger partial charge in [0.15, 0.2) is 4.80 Å². The summed E-state index contributed by atoms with van der Waals surface area (Å²) in [7, 11) is 3.11. The Labute approximate surface area is 201 Å². The zero-order valence-electron chi connectivity index (χ0n) is 19.7. The van der Waals surface area contributed by atoms with Crippen LogP contribution < -0.4 is 24.4 Å². The predicted octanol–water partition coefficient (Wildman–Crippen LogP) is 3.20. The van der Waals surface area contributed by atoms with Crippen molar-refractivity contribution in [2.75, 3.05) is 14.2 Å². The number of benzene rings is 2. The molecule has 1 atom stereocenters. The molecule has 2 aromatic carbocycles. The van der Waals surface area contributed by atoms with Crippen LogP contribution >= 0.6 is 11.3 Å². The van der Waals surface area contributed by atoms with Gasteiger partial charge < -0.3 is 14.2 Å². The third-order valence-electron chi connectivity index (χ3n) is 5.41. The van der Waals surface area contributed by atoms with Gasteiger partial charge >= 0.3 is 5.97 Å². The molecule has 0 spiro atoms. The molecule has 0 radical (unpaired) electrons.